The summed E-state index contributed by atoms with van der Waals surface area (Å²) in [5, 5.41) is 26.0. The van der Waals surface area contributed by atoms with Gasteiger partial charge in [-0.3, -0.25) is 32.5 Å². The van der Waals surface area contributed by atoms with E-state index in [2.05, 4.69) is 34.4 Å². The van der Waals surface area contributed by atoms with Gasteiger partial charge in [0.25, 0.3) is 0 Å². The van der Waals surface area contributed by atoms with Gasteiger partial charge in [-0.2, -0.15) is 4.31 Å². The van der Waals surface area contributed by atoms with Gasteiger partial charge in [0.15, 0.2) is 17.7 Å². The van der Waals surface area contributed by atoms with Crippen molar-refractivity contribution in [2.75, 3.05) is 37.8 Å². The number of nitrogens with zero attached hydrogens (tertiary/aromatic N) is 4. The van der Waals surface area contributed by atoms with E-state index in [4.69, 9.17) is 25.3 Å². The molecule has 0 aromatic carbocycles. The van der Waals surface area contributed by atoms with Crippen LogP contribution in [0.2, 0.25) is 0 Å². The van der Waals surface area contributed by atoms with Crippen LogP contribution in [0.5, 0.6) is 0 Å². The zero-order valence-electron chi connectivity index (χ0n) is 28.2. The van der Waals surface area contributed by atoms with Crippen molar-refractivity contribution in [2.45, 2.75) is 63.9 Å². The van der Waals surface area contributed by atoms with Crippen molar-refractivity contribution in [3.8, 4) is 0 Å². The number of ether oxygens (including phenoxy) is 1. The number of anilines is 1. The predicted octanol–water partition coefficient (Wildman–Crippen LogP) is -1.99. The third-order valence-corrected chi connectivity index (χ3v) is 11.3. The summed E-state index contributed by atoms with van der Waals surface area (Å²) in [6.07, 6.45) is -6.95. The number of imidazole rings is 1. The first-order valence-electron chi connectivity index (χ1n) is 15.2. The molecule has 2 aromatic heterocycles. The summed E-state index contributed by atoms with van der Waals surface area (Å²) in [6, 6.07) is -0.646. The maximum Gasteiger partial charge on any atom is 0.481 e. The van der Waals surface area contributed by atoms with Crippen molar-refractivity contribution in [2.24, 2.45) is 11.1 Å². The Morgan fingerprint density at radius 1 is 1.08 bits per heavy atom. The second kappa shape index (κ2) is 18.4. The fourth-order valence-corrected chi connectivity index (χ4v) is 7.91. The molecule has 29 heteroatoms. The van der Waals surface area contributed by atoms with Crippen LogP contribution in [-0.4, -0.2) is 129 Å². The number of nitrogens with two attached hydrogens (primary N) is 2. The number of hydrogen-bond acceptors (Lipinski definition) is 19. The second-order valence-electron chi connectivity index (χ2n) is 12.0. The molecule has 0 saturated carbocycles. The average Bonchev–Trinajstić information content (AvgIpc) is 3.60. The predicted molar refractivity (Wildman–Crippen MR) is 181 cm³/mol. The van der Waals surface area contributed by atoms with Gasteiger partial charge in [0.1, 0.15) is 36.3 Å². The number of aromatic nitrogens is 4. The van der Waals surface area contributed by atoms with Crippen LogP contribution in [0.1, 0.15) is 33.4 Å². The normalized spacial score (nSPS) is 22.8. The smallest absolute Gasteiger partial charge is 0.386 e. The van der Waals surface area contributed by atoms with Crippen LogP contribution < -0.4 is 22.1 Å². The first-order chi connectivity index (χ1) is 24.4. The van der Waals surface area contributed by atoms with Crippen LogP contribution in [0.4, 0.5) is 5.82 Å². The lowest BCUT2D eigenvalue weighted by Crippen LogP contribution is -2.46. The van der Waals surface area contributed by atoms with Crippen LogP contribution in [0, 0.1) is 5.41 Å². The molecular weight excluding hydrogens is 797 g/mol. The van der Waals surface area contributed by atoms with E-state index < -0.39 is 90.6 Å². The highest BCUT2D eigenvalue weighted by Gasteiger charge is 2.50. The molecule has 8 atom stereocenters. The van der Waals surface area contributed by atoms with Crippen molar-refractivity contribution in [1.29, 1.82) is 0 Å². The molecular formula is C24H41N8O17P3S. The molecule has 53 heavy (non-hydrogen) atoms. The molecule has 0 spiro atoms. The standard InChI is InChI=1S/C24H41N8O17P3S/c1-12(25)23(37)53-7-6-27-14(33)4-5-28-21(36)18(35)24(2,3)9-46-52(43,44)49-51(41,42)45-8-13-17(48-50(38,39)40)16(34)22(47-13)32-11-31-15-19(26)29-10-30-20(15)32/h10-13,16-18,22,34-35H,4-9,25H2,1-3H3,(H,27,33)(H,28,36)(H,41,42)(H,43,44)(H2,26,29,30)(H2,38,39,40)/t12-,13+,16+,17+,18-,22+/m0/s1. The number of thioether (sulfide) groups is 1. The Bertz CT molecular complexity index is 1760. The molecule has 0 radical (unpaired) electrons. The summed E-state index contributed by atoms with van der Waals surface area (Å²) >= 11 is 0.953. The Morgan fingerprint density at radius 3 is 2.38 bits per heavy atom. The van der Waals surface area contributed by atoms with Gasteiger partial charge in [-0.25, -0.2) is 28.6 Å². The lowest BCUT2D eigenvalue weighted by Gasteiger charge is -2.30. The minimum absolute atomic E-state index is 0.0281. The summed E-state index contributed by atoms with van der Waals surface area (Å²) < 4.78 is 61.9. The molecule has 2 amide bonds. The largest absolute Gasteiger partial charge is 0.481 e. The zero-order chi connectivity index (χ0) is 39.9. The van der Waals surface area contributed by atoms with Crippen molar-refractivity contribution in [1.82, 2.24) is 30.2 Å². The highest BCUT2D eigenvalue weighted by atomic mass is 32.2. The molecule has 0 bridgehead atoms. The number of fused-ring (bicyclic) bond motifs is 1. The molecule has 300 valence electrons. The number of hydrogen-bond donors (Lipinski definition) is 10. The Labute approximate surface area is 304 Å². The average molecular weight is 839 g/mol. The molecule has 2 unspecified atom stereocenters. The van der Waals surface area contributed by atoms with Crippen molar-refractivity contribution < 1.29 is 80.5 Å². The molecule has 1 saturated heterocycles. The van der Waals surface area contributed by atoms with E-state index in [0.717, 1.165) is 29.0 Å². The van der Waals surface area contributed by atoms with Gasteiger partial charge < -0.3 is 56.6 Å². The van der Waals surface area contributed by atoms with E-state index in [0.29, 0.717) is 0 Å². The Kier molecular flexibility index (Phi) is 15.6. The molecule has 2 aromatic rings. The van der Waals surface area contributed by atoms with Crippen molar-refractivity contribution in [3.63, 3.8) is 0 Å². The summed E-state index contributed by atoms with van der Waals surface area (Å²) in [5.74, 6) is -1.21. The summed E-state index contributed by atoms with van der Waals surface area (Å²) in [7, 11) is -16.4. The number of phosphoric acid groups is 3. The maximum absolute atomic E-state index is 12.6. The molecule has 1 fully saturated rings. The van der Waals surface area contributed by atoms with Gasteiger partial charge >= 0.3 is 23.5 Å². The highest BCUT2D eigenvalue weighted by Crippen LogP contribution is 2.61. The lowest BCUT2D eigenvalue weighted by molar-refractivity contribution is -0.137. The van der Waals surface area contributed by atoms with E-state index in [1.807, 2.05) is 0 Å². The molecule has 3 rings (SSSR count). The zero-order valence-corrected chi connectivity index (χ0v) is 31.7. The number of rotatable bonds is 20. The number of carbonyl (C=O) groups is 3. The summed E-state index contributed by atoms with van der Waals surface area (Å²) in [5.41, 5.74) is 9.69. The fourth-order valence-electron chi connectivity index (χ4n) is 4.41. The minimum atomic E-state index is -5.57. The molecule has 3 heterocycles. The number of aliphatic hydroxyl groups excluding tert-OH is 2. The molecule has 0 aliphatic carbocycles. The third kappa shape index (κ3) is 13.4. The number of phosphoric ester groups is 3. The van der Waals surface area contributed by atoms with Crippen molar-refractivity contribution >= 4 is 69.1 Å². The SMILES string of the molecule is C[C@H](N)C(=O)SCCNC(=O)CCNC(=O)[C@H](O)C(C)(C)COP(=O)(O)OP(=O)(O)OC[C@H]1O[C@@H](n2cnc3c(N)ncnc32)[C@H](O)[C@@H]1OP(=O)(O)O. The lowest BCUT2D eigenvalue weighted by atomic mass is 9.87. The van der Waals surface area contributed by atoms with Crippen LogP contribution in [0.25, 0.3) is 11.2 Å². The summed E-state index contributed by atoms with van der Waals surface area (Å²) in [4.78, 5) is 86.7. The van der Waals surface area contributed by atoms with Gasteiger partial charge in [0.2, 0.25) is 16.9 Å². The Balaban J connectivity index is 1.52. The number of nitrogens with one attached hydrogen (secondary N) is 2. The third-order valence-electron chi connectivity index (χ3n) is 7.12. The maximum atomic E-state index is 12.6. The monoisotopic (exact) mass is 838 g/mol. The number of carbonyl (C=O) groups excluding carboxylic acids is 3. The Morgan fingerprint density at radius 2 is 1.74 bits per heavy atom. The van der Waals surface area contributed by atoms with Crippen LogP contribution >= 0.6 is 35.2 Å². The molecule has 12 N–H and O–H groups in total. The van der Waals surface area contributed by atoms with Crippen molar-refractivity contribution in [3.05, 3.63) is 12.7 Å². The van der Waals surface area contributed by atoms with Crippen LogP contribution in [0.3, 0.4) is 0 Å². The highest BCUT2D eigenvalue weighted by molar-refractivity contribution is 8.13. The van der Waals surface area contributed by atoms with E-state index >= 15 is 0 Å². The van der Waals surface area contributed by atoms with E-state index in [-0.39, 0.29) is 47.4 Å². The first-order valence-corrected chi connectivity index (χ1v) is 20.7. The van der Waals surface area contributed by atoms with E-state index in [9.17, 15) is 57.9 Å². The van der Waals surface area contributed by atoms with Crippen LogP contribution in [0.15, 0.2) is 12.7 Å². The van der Waals surface area contributed by atoms with Gasteiger partial charge in [-0.1, -0.05) is 25.6 Å². The van der Waals surface area contributed by atoms with Gasteiger partial charge in [0.05, 0.1) is 25.6 Å². The number of aliphatic hydroxyl groups is 2. The van der Waals surface area contributed by atoms with Gasteiger partial charge in [-0.05, 0) is 6.92 Å². The summed E-state index contributed by atoms with van der Waals surface area (Å²) in [6.45, 7) is 1.94. The van der Waals surface area contributed by atoms with Gasteiger partial charge in [0, 0.05) is 30.7 Å². The second-order valence-corrected chi connectivity index (χ2v) is 17.4. The van der Waals surface area contributed by atoms with Gasteiger partial charge in [-0.15, -0.1) is 0 Å². The first kappa shape index (κ1) is 44.9. The van der Waals surface area contributed by atoms with Crippen LogP contribution in [-0.2, 0) is 50.7 Å². The number of amides is 2. The molecule has 1 aliphatic rings. The van der Waals surface area contributed by atoms with E-state index in [1.165, 1.54) is 20.8 Å². The van der Waals surface area contributed by atoms with E-state index in [1.54, 1.807) is 0 Å². The number of nitrogen functional groups attached to an aromatic ring is 1. The molecule has 1 aliphatic heterocycles. The Hall–Kier alpha value is -2.48. The molecule has 25 nitrogen and oxygen atoms in total. The fraction of sp³-hybridized carbons (Fsp3) is 0.667. The minimum Gasteiger partial charge on any atom is -0.386 e. The quantitative estimate of drug-likeness (QED) is 0.0510. The topological polar surface area (TPSA) is 390 Å².